The van der Waals surface area contributed by atoms with E-state index in [1.165, 1.54) is 34.6 Å². The molecule has 0 aliphatic heterocycles. The molecular formula is C19H21NO. The molecule has 108 valence electrons. The Kier molecular flexibility index (Phi) is 3.19. The Morgan fingerprint density at radius 3 is 2.10 bits per heavy atom. The molecule has 1 saturated carbocycles. The van der Waals surface area contributed by atoms with E-state index in [0.29, 0.717) is 5.92 Å². The summed E-state index contributed by atoms with van der Waals surface area (Å²) in [7, 11) is 0. The van der Waals surface area contributed by atoms with Crippen molar-refractivity contribution in [2.24, 2.45) is 5.92 Å². The van der Waals surface area contributed by atoms with Crippen LogP contribution in [0.1, 0.15) is 25.7 Å². The van der Waals surface area contributed by atoms with Crippen LogP contribution >= 0.6 is 0 Å². The first kappa shape index (κ1) is 12.9. The number of aliphatic hydroxyl groups is 1. The summed E-state index contributed by atoms with van der Waals surface area (Å²) in [6.07, 6.45) is 4.33. The Bertz CT molecular complexity index is 720. The lowest BCUT2D eigenvalue weighted by atomic mass is 10.0. The lowest BCUT2D eigenvalue weighted by Crippen LogP contribution is -2.15. The van der Waals surface area contributed by atoms with Gasteiger partial charge in [-0.1, -0.05) is 42.8 Å². The summed E-state index contributed by atoms with van der Waals surface area (Å²) >= 11 is 0. The minimum atomic E-state index is -0.0851. The van der Waals surface area contributed by atoms with E-state index >= 15 is 0 Å². The first-order valence-electron chi connectivity index (χ1n) is 7.98. The highest BCUT2D eigenvalue weighted by molar-refractivity contribution is 6.07. The molecule has 0 radical (unpaired) electrons. The van der Waals surface area contributed by atoms with Crippen LogP contribution in [0.15, 0.2) is 48.5 Å². The number of para-hydroxylation sites is 2. The van der Waals surface area contributed by atoms with E-state index in [9.17, 15) is 5.11 Å². The molecule has 2 aromatic carbocycles. The first-order valence-corrected chi connectivity index (χ1v) is 7.98. The Labute approximate surface area is 125 Å². The van der Waals surface area contributed by atoms with Crippen molar-refractivity contribution in [3.63, 3.8) is 0 Å². The van der Waals surface area contributed by atoms with Gasteiger partial charge in [0.05, 0.1) is 6.10 Å². The zero-order valence-electron chi connectivity index (χ0n) is 12.2. The average molecular weight is 279 g/mol. The maximum absolute atomic E-state index is 10.0. The van der Waals surface area contributed by atoms with Crippen LogP contribution in [0.25, 0.3) is 21.8 Å². The van der Waals surface area contributed by atoms with Gasteiger partial charge in [0, 0.05) is 28.4 Å². The minimum Gasteiger partial charge on any atom is -0.393 e. The second-order valence-corrected chi connectivity index (χ2v) is 6.23. The summed E-state index contributed by atoms with van der Waals surface area (Å²) in [5, 5.41) is 12.7. The Hall–Kier alpha value is -1.80. The highest BCUT2D eigenvalue weighted by atomic mass is 16.3. The number of hydrogen-bond donors (Lipinski definition) is 1. The van der Waals surface area contributed by atoms with Gasteiger partial charge in [0.1, 0.15) is 0 Å². The van der Waals surface area contributed by atoms with Crippen LogP contribution in [0.4, 0.5) is 0 Å². The van der Waals surface area contributed by atoms with E-state index in [0.717, 1.165) is 19.4 Å². The molecule has 1 aliphatic carbocycles. The number of benzene rings is 2. The molecular weight excluding hydrogens is 258 g/mol. The molecule has 2 nitrogen and oxygen atoms in total. The third kappa shape index (κ3) is 2.14. The maximum atomic E-state index is 10.0. The third-order valence-corrected chi connectivity index (χ3v) is 5.02. The van der Waals surface area contributed by atoms with Crippen molar-refractivity contribution in [3.05, 3.63) is 48.5 Å². The fourth-order valence-corrected chi connectivity index (χ4v) is 3.89. The molecule has 1 aromatic heterocycles. The molecule has 1 N–H and O–H groups in total. The lowest BCUT2D eigenvalue weighted by molar-refractivity contribution is 0.126. The smallest absolute Gasteiger partial charge is 0.0569 e. The third-order valence-electron chi connectivity index (χ3n) is 5.02. The zero-order chi connectivity index (χ0) is 14.2. The largest absolute Gasteiger partial charge is 0.393 e. The van der Waals surface area contributed by atoms with E-state index in [1.54, 1.807) is 0 Å². The quantitative estimate of drug-likeness (QED) is 0.757. The van der Waals surface area contributed by atoms with Gasteiger partial charge in [0.15, 0.2) is 0 Å². The summed E-state index contributed by atoms with van der Waals surface area (Å²) in [5.41, 5.74) is 2.62. The molecule has 2 atom stereocenters. The monoisotopic (exact) mass is 279 g/mol. The molecule has 0 amide bonds. The van der Waals surface area contributed by atoms with Gasteiger partial charge in [-0.3, -0.25) is 0 Å². The minimum absolute atomic E-state index is 0.0851. The van der Waals surface area contributed by atoms with E-state index in [2.05, 4.69) is 53.1 Å². The van der Waals surface area contributed by atoms with Crippen LogP contribution in [0.3, 0.4) is 0 Å². The number of aryl methyl sites for hydroxylation is 1. The number of hydrogen-bond acceptors (Lipinski definition) is 1. The summed E-state index contributed by atoms with van der Waals surface area (Å²) in [6.45, 7) is 0.996. The van der Waals surface area contributed by atoms with E-state index in [4.69, 9.17) is 0 Å². The van der Waals surface area contributed by atoms with Gasteiger partial charge in [-0.05, 0) is 37.3 Å². The molecule has 3 aromatic rings. The van der Waals surface area contributed by atoms with Gasteiger partial charge in [-0.25, -0.2) is 0 Å². The molecule has 2 unspecified atom stereocenters. The fourth-order valence-electron chi connectivity index (χ4n) is 3.89. The molecule has 2 heteroatoms. The summed E-state index contributed by atoms with van der Waals surface area (Å²) in [5.74, 6) is 0.477. The number of nitrogens with zero attached hydrogens (tertiary/aromatic N) is 1. The SMILES string of the molecule is OC1CCCC1CCn1c2ccccc2c2ccccc21. The van der Waals surface area contributed by atoms with Gasteiger partial charge in [-0.15, -0.1) is 0 Å². The number of rotatable bonds is 3. The fraction of sp³-hybridized carbons (Fsp3) is 0.368. The van der Waals surface area contributed by atoms with Crippen LogP contribution < -0.4 is 0 Å². The zero-order valence-corrected chi connectivity index (χ0v) is 12.2. The van der Waals surface area contributed by atoms with Crippen molar-refractivity contribution in [3.8, 4) is 0 Å². The van der Waals surface area contributed by atoms with Crippen molar-refractivity contribution in [1.82, 2.24) is 4.57 Å². The second-order valence-electron chi connectivity index (χ2n) is 6.23. The Morgan fingerprint density at radius 1 is 0.905 bits per heavy atom. The van der Waals surface area contributed by atoms with Gasteiger partial charge >= 0.3 is 0 Å². The van der Waals surface area contributed by atoms with Crippen LogP contribution in [0.2, 0.25) is 0 Å². The highest BCUT2D eigenvalue weighted by Gasteiger charge is 2.25. The van der Waals surface area contributed by atoms with Gasteiger partial charge in [0.25, 0.3) is 0 Å². The van der Waals surface area contributed by atoms with Crippen molar-refractivity contribution >= 4 is 21.8 Å². The summed E-state index contributed by atoms with van der Waals surface area (Å²) in [6, 6.07) is 17.3. The van der Waals surface area contributed by atoms with Crippen molar-refractivity contribution < 1.29 is 5.11 Å². The van der Waals surface area contributed by atoms with Gasteiger partial charge in [0.2, 0.25) is 0 Å². The van der Waals surface area contributed by atoms with E-state index < -0.39 is 0 Å². The van der Waals surface area contributed by atoms with E-state index in [-0.39, 0.29) is 6.10 Å². The Balaban J connectivity index is 1.75. The molecule has 1 aliphatic rings. The summed E-state index contributed by atoms with van der Waals surface area (Å²) in [4.78, 5) is 0. The summed E-state index contributed by atoms with van der Waals surface area (Å²) < 4.78 is 2.43. The van der Waals surface area contributed by atoms with E-state index in [1.807, 2.05) is 0 Å². The van der Waals surface area contributed by atoms with Crippen molar-refractivity contribution in [2.75, 3.05) is 0 Å². The standard InChI is InChI=1S/C19H21NO/c21-19-11-5-6-14(19)12-13-20-17-9-3-1-7-15(17)16-8-2-4-10-18(16)20/h1-4,7-10,14,19,21H,5-6,11-13H2. The first-order chi connectivity index (χ1) is 10.3. The van der Waals surface area contributed by atoms with Crippen LogP contribution in [0, 0.1) is 5.92 Å². The van der Waals surface area contributed by atoms with Gasteiger partial charge < -0.3 is 9.67 Å². The van der Waals surface area contributed by atoms with Crippen molar-refractivity contribution in [1.29, 1.82) is 0 Å². The molecule has 1 fully saturated rings. The molecule has 21 heavy (non-hydrogen) atoms. The normalized spacial score (nSPS) is 22.3. The number of aliphatic hydroxyl groups excluding tert-OH is 1. The van der Waals surface area contributed by atoms with Crippen molar-refractivity contribution in [2.45, 2.75) is 38.3 Å². The van der Waals surface area contributed by atoms with Gasteiger partial charge in [-0.2, -0.15) is 0 Å². The molecule has 4 rings (SSSR count). The van der Waals surface area contributed by atoms with Crippen LogP contribution in [-0.2, 0) is 6.54 Å². The second kappa shape index (κ2) is 5.19. The average Bonchev–Trinajstić information content (AvgIpc) is 3.07. The molecule has 0 bridgehead atoms. The highest BCUT2D eigenvalue weighted by Crippen LogP contribution is 2.32. The number of aromatic nitrogens is 1. The number of fused-ring (bicyclic) bond motifs is 3. The predicted molar refractivity (Wildman–Crippen MR) is 87.4 cm³/mol. The maximum Gasteiger partial charge on any atom is 0.0569 e. The molecule has 0 spiro atoms. The Morgan fingerprint density at radius 2 is 1.52 bits per heavy atom. The molecule has 0 saturated heterocycles. The van der Waals surface area contributed by atoms with Crippen LogP contribution in [-0.4, -0.2) is 15.8 Å². The molecule has 1 heterocycles. The van der Waals surface area contributed by atoms with Crippen LogP contribution in [0.5, 0.6) is 0 Å². The lowest BCUT2D eigenvalue weighted by Gasteiger charge is -2.15. The topological polar surface area (TPSA) is 25.2 Å². The predicted octanol–water partition coefficient (Wildman–Crippen LogP) is 4.35.